The Morgan fingerprint density at radius 2 is 1.78 bits per heavy atom. The minimum absolute atomic E-state index is 0.504. The molecule has 0 heterocycles. The van der Waals surface area contributed by atoms with Crippen LogP contribution in [0.2, 0.25) is 0 Å². The van der Waals surface area contributed by atoms with Crippen molar-refractivity contribution >= 4 is 0 Å². The summed E-state index contributed by atoms with van der Waals surface area (Å²) in [5, 5.41) is 0. The van der Waals surface area contributed by atoms with Crippen LogP contribution < -0.4 is 0 Å². The first-order valence-corrected chi connectivity index (χ1v) is 3.84. The zero-order valence-electron chi connectivity index (χ0n) is 6.23. The number of alkyl halides is 1. The molecule has 0 aromatic carbocycles. The number of rotatable bonds is 0. The molecule has 0 bridgehead atoms. The zero-order chi connectivity index (χ0) is 6.85. The van der Waals surface area contributed by atoms with Crippen molar-refractivity contribution < 1.29 is 4.39 Å². The minimum atomic E-state index is -0.504. The van der Waals surface area contributed by atoms with Gasteiger partial charge in [-0.15, -0.1) is 0 Å². The van der Waals surface area contributed by atoms with Crippen LogP contribution in [0.15, 0.2) is 0 Å². The van der Waals surface area contributed by atoms with Gasteiger partial charge in [0, 0.05) is 0 Å². The molecule has 0 N–H and O–H groups in total. The van der Waals surface area contributed by atoms with Crippen LogP contribution in [0.1, 0.15) is 33.1 Å². The molecule has 0 aliphatic heterocycles. The Hall–Kier alpha value is -0.0700. The molecule has 54 valence electrons. The van der Waals surface area contributed by atoms with Crippen molar-refractivity contribution in [3.05, 3.63) is 0 Å². The average Bonchev–Trinajstić information content (AvgIpc) is 1.80. The third-order valence-electron chi connectivity index (χ3n) is 2.53. The summed E-state index contributed by atoms with van der Waals surface area (Å²) < 4.78 is 12.6. The molecule has 3 atom stereocenters. The van der Waals surface area contributed by atoms with Gasteiger partial charge in [0.05, 0.1) is 0 Å². The summed E-state index contributed by atoms with van der Waals surface area (Å²) in [6, 6.07) is 0. The Balaban J connectivity index is 2.35. The van der Waals surface area contributed by atoms with E-state index >= 15 is 0 Å². The molecule has 0 aromatic heterocycles. The minimum Gasteiger partial charge on any atom is -0.247 e. The van der Waals surface area contributed by atoms with E-state index in [2.05, 4.69) is 13.8 Å². The standard InChI is InChI=1S/C8H15F/c1-6-3-4-8(9)5-7(6)2/h6-8H,3-5H2,1-2H3/t6-,7?,8?/m0/s1. The van der Waals surface area contributed by atoms with Gasteiger partial charge in [0.15, 0.2) is 0 Å². The molecule has 0 aromatic rings. The highest BCUT2D eigenvalue weighted by Crippen LogP contribution is 2.30. The lowest BCUT2D eigenvalue weighted by Crippen LogP contribution is -2.21. The van der Waals surface area contributed by atoms with Gasteiger partial charge in [-0.25, -0.2) is 4.39 Å². The second-order valence-corrected chi connectivity index (χ2v) is 3.36. The predicted octanol–water partition coefficient (Wildman–Crippen LogP) is 2.78. The van der Waals surface area contributed by atoms with Gasteiger partial charge >= 0.3 is 0 Å². The average molecular weight is 130 g/mol. The van der Waals surface area contributed by atoms with Crippen molar-refractivity contribution in [1.82, 2.24) is 0 Å². The van der Waals surface area contributed by atoms with Crippen LogP contribution in [0.25, 0.3) is 0 Å². The third-order valence-corrected chi connectivity index (χ3v) is 2.53. The monoisotopic (exact) mass is 130 g/mol. The fraction of sp³-hybridized carbons (Fsp3) is 1.00. The second kappa shape index (κ2) is 2.68. The van der Waals surface area contributed by atoms with Gasteiger partial charge < -0.3 is 0 Å². The Morgan fingerprint density at radius 1 is 1.11 bits per heavy atom. The summed E-state index contributed by atoms with van der Waals surface area (Å²) in [5.41, 5.74) is 0. The van der Waals surface area contributed by atoms with E-state index in [1.807, 2.05) is 0 Å². The second-order valence-electron chi connectivity index (χ2n) is 3.36. The number of halogens is 1. The quantitative estimate of drug-likeness (QED) is 0.473. The van der Waals surface area contributed by atoms with Gasteiger partial charge in [-0.2, -0.15) is 0 Å². The van der Waals surface area contributed by atoms with E-state index in [9.17, 15) is 4.39 Å². The van der Waals surface area contributed by atoms with Gasteiger partial charge in [-0.1, -0.05) is 13.8 Å². The van der Waals surface area contributed by atoms with Crippen LogP contribution in [0, 0.1) is 11.8 Å². The van der Waals surface area contributed by atoms with Gasteiger partial charge in [-0.3, -0.25) is 0 Å². The summed E-state index contributed by atoms with van der Waals surface area (Å²) in [7, 11) is 0. The Bertz CT molecular complexity index is 90.6. The maximum absolute atomic E-state index is 12.6. The van der Waals surface area contributed by atoms with Gasteiger partial charge in [-0.05, 0) is 31.1 Å². The molecular formula is C8H15F. The van der Waals surface area contributed by atoms with Crippen molar-refractivity contribution in [2.45, 2.75) is 39.3 Å². The Morgan fingerprint density at radius 3 is 2.22 bits per heavy atom. The molecule has 1 fully saturated rings. The van der Waals surface area contributed by atoms with Crippen LogP contribution in [-0.4, -0.2) is 6.17 Å². The summed E-state index contributed by atoms with van der Waals surface area (Å²) in [6.45, 7) is 4.37. The highest BCUT2D eigenvalue weighted by molar-refractivity contribution is 4.74. The molecule has 1 saturated carbocycles. The van der Waals surface area contributed by atoms with Crippen LogP contribution in [0.4, 0.5) is 4.39 Å². The molecule has 9 heavy (non-hydrogen) atoms. The lowest BCUT2D eigenvalue weighted by molar-refractivity contribution is 0.161. The maximum atomic E-state index is 12.6. The molecule has 1 heteroatoms. The molecule has 2 unspecified atom stereocenters. The van der Waals surface area contributed by atoms with E-state index < -0.39 is 6.17 Å². The molecule has 0 nitrogen and oxygen atoms in total. The third kappa shape index (κ3) is 1.67. The fourth-order valence-corrected chi connectivity index (χ4v) is 1.48. The van der Waals surface area contributed by atoms with Crippen molar-refractivity contribution in [3.63, 3.8) is 0 Å². The normalized spacial score (nSPS) is 45.0. The Kier molecular flexibility index (Phi) is 2.09. The van der Waals surface area contributed by atoms with E-state index in [0.29, 0.717) is 5.92 Å². The lowest BCUT2D eigenvalue weighted by Gasteiger charge is -2.27. The number of hydrogen-bond acceptors (Lipinski definition) is 0. The van der Waals surface area contributed by atoms with Gasteiger partial charge in [0.1, 0.15) is 6.17 Å². The fourth-order valence-electron chi connectivity index (χ4n) is 1.48. The summed E-state index contributed by atoms with van der Waals surface area (Å²) in [5.74, 6) is 1.35. The highest BCUT2D eigenvalue weighted by Gasteiger charge is 2.23. The van der Waals surface area contributed by atoms with Crippen LogP contribution in [0.5, 0.6) is 0 Å². The van der Waals surface area contributed by atoms with Crippen molar-refractivity contribution in [3.8, 4) is 0 Å². The van der Waals surface area contributed by atoms with Crippen LogP contribution in [-0.2, 0) is 0 Å². The molecule has 0 radical (unpaired) electrons. The predicted molar refractivity (Wildman–Crippen MR) is 37.1 cm³/mol. The molecule has 1 rings (SSSR count). The summed E-state index contributed by atoms with van der Waals surface area (Å²) in [6.07, 6.45) is 2.17. The number of hydrogen-bond donors (Lipinski definition) is 0. The van der Waals surface area contributed by atoms with Crippen molar-refractivity contribution in [2.24, 2.45) is 11.8 Å². The SMILES string of the molecule is CC1CC(F)CC[C@@H]1C. The first kappa shape index (κ1) is 7.04. The first-order chi connectivity index (χ1) is 4.20. The molecule has 1 aliphatic rings. The van der Waals surface area contributed by atoms with E-state index in [1.54, 1.807) is 0 Å². The molecule has 0 spiro atoms. The molecule has 0 saturated heterocycles. The van der Waals surface area contributed by atoms with Gasteiger partial charge in [0.2, 0.25) is 0 Å². The van der Waals surface area contributed by atoms with E-state index in [1.165, 1.54) is 0 Å². The molecule has 0 amide bonds. The highest BCUT2D eigenvalue weighted by atomic mass is 19.1. The summed E-state index contributed by atoms with van der Waals surface area (Å²) in [4.78, 5) is 0. The largest absolute Gasteiger partial charge is 0.247 e. The van der Waals surface area contributed by atoms with Gasteiger partial charge in [0.25, 0.3) is 0 Å². The van der Waals surface area contributed by atoms with E-state index in [0.717, 1.165) is 25.2 Å². The zero-order valence-corrected chi connectivity index (χ0v) is 6.23. The first-order valence-electron chi connectivity index (χ1n) is 3.84. The van der Waals surface area contributed by atoms with Crippen LogP contribution in [0.3, 0.4) is 0 Å². The van der Waals surface area contributed by atoms with E-state index in [4.69, 9.17) is 0 Å². The smallest absolute Gasteiger partial charge is 0.100 e. The maximum Gasteiger partial charge on any atom is 0.100 e. The summed E-state index contributed by atoms with van der Waals surface area (Å²) >= 11 is 0. The topological polar surface area (TPSA) is 0 Å². The van der Waals surface area contributed by atoms with Crippen LogP contribution >= 0.6 is 0 Å². The van der Waals surface area contributed by atoms with E-state index in [-0.39, 0.29) is 0 Å². The molecule has 1 aliphatic carbocycles. The lowest BCUT2D eigenvalue weighted by atomic mass is 9.81. The Labute approximate surface area is 56.5 Å². The molecular weight excluding hydrogens is 115 g/mol. The van der Waals surface area contributed by atoms with Crippen molar-refractivity contribution in [2.75, 3.05) is 0 Å². The van der Waals surface area contributed by atoms with Crippen molar-refractivity contribution in [1.29, 1.82) is 0 Å².